The summed E-state index contributed by atoms with van der Waals surface area (Å²) in [5.74, 6) is 1.18. The van der Waals surface area contributed by atoms with E-state index in [-0.39, 0.29) is 12.0 Å². The normalized spacial score (nSPS) is 30.7. The van der Waals surface area contributed by atoms with Gasteiger partial charge in [0.15, 0.2) is 0 Å². The van der Waals surface area contributed by atoms with Crippen molar-refractivity contribution in [2.45, 2.75) is 38.8 Å². The van der Waals surface area contributed by atoms with E-state index in [1.54, 1.807) is 0 Å². The number of thiophene rings is 1. The Labute approximate surface area is 147 Å². The van der Waals surface area contributed by atoms with Gasteiger partial charge >= 0.3 is 0 Å². The van der Waals surface area contributed by atoms with E-state index >= 15 is 0 Å². The van der Waals surface area contributed by atoms with Crippen LogP contribution in [0.4, 0.5) is 0 Å². The lowest BCUT2D eigenvalue weighted by Gasteiger charge is -2.35. The van der Waals surface area contributed by atoms with Crippen molar-refractivity contribution in [3.63, 3.8) is 0 Å². The molecule has 0 aliphatic carbocycles. The molecule has 4 heterocycles. The van der Waals surface area contributed by atoms with Crippen LogP contribution in [-0.4, -0.2) is 54.8 Å². The molecule has 3 aliphatic heterocycles. The molecule has 5 nitrogen and oxygen atoms in total. The van der Waals surface area contributed by atoms with Gasteiger partial charge in [-0.05, 0) is 44.4 Å². The third-order valence-corrected chi connectivity index (χ3v) is 6.45. The summed E-state index contributed by atoms with van der Waals surface area (Å²) in [7, 11) is 0. The molecule has 6 heteroatoms. The van der Waals surface area contributed by atoms with E-state index in [4.69, 9.17) is 9.57 Å². The number of hydrogen-bond acceptors (Lipinski definition) is 5. The zero-order valence-electron chi connectivity index (χ0n) is 14.3. The summed E-state index contributed by atoms with van der Waals surface area (Å²) >= 11 is 1.89. The maximum absolute atomic E-state index is 12.3. The summed E-state index contributed by atoms with van der Waals surface area (Å²) in [5, 5.41) is 1.53. The Kier molecular flexibility index (Phi) is 4.90. The Morgan fingerprint density at radius 3 is 3.04 bits per heavy atom. The van der Waals surface area contributed by atoms with Crippen LogP contribution in [0.3, 0.4) is 0 Å². The number of nitrogens with zero attached hydrogens (tertiary/aromatic N) is 2. The Balaban J connectivity index is 1.30. The minimum atomic E-state index is 0.0813. The molecule has 24 heavy (non-hydrogen) atoms. The minimum absolute atomic E-state index is 0.0813. The van der Waals surface area contributed by atoms with Crippen molar-refractivity contribution >= 4 is 17.2 Å². The molecular formula is C18H26N2O3S. The fourth-order valence-electron chi connectivity index (χ4n) is 4.22. The molecule has 4 rings (SSSR count). The first-order valence-electron chi connectivity index (χ1n) is 9.01. The molecule has 0 spiro atoms. The Bertz CT molecular complexity index is 585. The Morgan fingerprint density at radius 1 is 1.38 bits per heavy atom. The van der Waals surface area contributed by atoms with Crippen molar-refractivity contribution in [2.75, 3.05) is 32.8 Å². The largest absolute Gasteiger partial charge is 0.377 e. The summed E-state index contributed by atoms with van der Waals surface area (Å²) in [6.45, 7) is 7.60. The van der Waals surface area contributed by atoms with Crippen LogP contribution in [0.2, 0.25) is 0 Å². The third-order valence-electron chi connectivity index (χ3n) is 5.46. The summed E-state index contributed by atoms with van der Waals surface area (Å²) in [5.41, 5.74) is 0. The van der Waals surface area contributed by atoms with E-state index in [9.17, 15) is 4.79 Å². The molecule has 0 radical (unpaired) electrons. The monoisotopic (exact) mass is 350 g/mol. The molecule has 1 aromatic heterocycles. The second-order valence-corrected chi connectivity index (χ2v) is 8.59. The van der Waals surface area contributed by atoms with Crippen molar-refractivity contribution < 1.29 is 14.4 Å². The van der Waals surface area contributed by atoms with Crippen LogP contribution >= 0.6 is 11.3 Å². The van der Waals surface area contributed by atoms with Gasteiger partial charge in [-0.15, -0.1) is 11.3 Å². The van der Waals surface area contributed by atoms with E-state index in [0.717, 1.165) is 45.6 Å². The van der Waals surface area contributed by atoms with Crippen LogP contribution < -0.4 is 0 Å². The summed E-state index contributed by atoms with van der Waals surface area (Å²) < 4.78 is 6.01. The van der Waals surface area contributed by atoms with Crippen molar-refractivity contribution in [1.82, 2.24) is 9.96 Å². The second kappa shape index (κ2) is 7.12. The number of fused-ring (bicyclic) bond motifs is 1. The number of piperidine rings is 1. The number of rotatable bonds is 4. The van der Waals surface area contributed by atoms with E-state index < -0.39 is 0 Å². The lowest BCUT2D eigenvalue weighted by molar-refractivity contribution is -0.171. The highest BCUT2D eigenvalue weighted by atomic mass is 32.1. The average Bonchev–Trinajstić information content (AvgIpc) is 3.29. The Morgan fingerprint density at radius 2 is 2.29 bits per heavy atom. The van der Waals surface area contributed by atoms with E-state index in [1.807, 2.05) is 11.3 Å². The number of hydrogen-bond donors (Lipinski definition) is 0. The van der Waals surface area contributed by atoms with Crippen LogP contribution in [0, 0.1) is 18.8 Å². The van der Waals surface area contributed by atoms with Crippen LogP contribution in [-0.2, 0) is 20.9 Å². The van der Waals surface area contributed by atoms with Gasteiger partial charge in [-0.3, -0.25) is 14.5 Å². The fourth-order valence-corrected chi connectivity index (χ4v) is 5.16. The van der Waals surface area contributed by atoms with Gasteiger partial charge in [0.25, 0.3) is 0 Å². The summed E-state index contributed by atoms with van der Waals surface area (Å²) in [6.07, 6.45) is 2.64. The van der Waals surface area contributed by atoms with Crippen LogP contribution in [0.25, 0.3) is 0 Å². The number of hydroxylamine groups is 2. The van der Waals surface area contributed by atoms with Gasteiger partial charge < -0.3 is 4.74 Å². The molecule has 0 saturated carbocycles. The van der Waals surface area contributed by atoms with Crippen LogP contribution in [0.5, 0.6) is 0 Å². The van der Waals surface area contributed by atoms with Crippen molar-refractivity contribution in [1.29, 1.82) is 0 Å². The quantitative estimate of drug-likeness (QED) is 0.836. The molecule has 132 valence electrons. The van der Waals surface area contributed by atoms with E-state index in [0.29, 0.717) is 24.9 Å². The molecule has 3 aliphatic rings. The van der Waals surface area contributed by atoms with Gasteiger partial charge in [-0.1, -0.05) is 0 Å². The molecule has 1 aromatic rings. The number of carbonyl (C=O) groups is 1. The first-order chi connectivity index (χ1) is 11.7. The van der Waals surface area contributed by atoms with Gasteiger partial charge in [0.05, 0.1) is 32.3 Å². The van der Waals surface area contributed by atoms with Crippen molar-refractivity contribution in [3.8, 4) is 0 Å². The van der Waals surface area contributed by atoms with E-state index in [2.05, 4.69) is 24.0 Å². The molecule has 3 atom stereocenters. The lowest BCUT2D eigenvalue weighted by atomic mass is 9.83. The first kappa shape index (κ1) is 16.5. The molecular weight excluding hydrogens is 324 g/mol. The number of aryl methyl sites for hydroxylation is 1. The van der Waals surface area contributed by atoms with Gasteiger partial charge in [0.2, 0.25) is 5.91 Å². The summed E-state index contributed by atoms with van der Waals surface area (Å²) in [6, 6.07) is 4.45. The minimum Gasteiger partial charge on any atom is -0.377 e. The summed E-state index contributed by atoms with van der Waals surface area (Å²) in [4.78, 5) is 23.0. The zero-order chi connectivity index (χ0) is 16.5. The highest BCUT2D eigenvalue weighted by Crippen LogP contribution is 2.37. The highest BCUT2D eigenvalue weighted by Gasteiger charge is 2.42. The second-order valence-electron chi connectivity index (χ2n) is 7.22. The van der Waals surface area contributed by atoms with Crippen molar-refractivity contribution in [3.05, 3.63) is 21.9 Å². The third kappa shape index (κ3) is 3.52. The predicted molar refractivity (Wildman–Crippen MR) is 92.6 cm³/mol. The smallest absolute Gasteiger partial charge is 0.248 e. The van der Waals surface area contributed by atoms with E-state index in [1.165, 1.54) is 14.8 Å². The number of amides is 1. The van der Waals surface area contributed by atoms with Gasteiger partial charge in [0, 0.05) is 28.8 Å². The maximum Gasteiger partial charge on any atom is 0.248 e. The molecule has 0 N–H and O–H groups in total. The van der Waals surface area contributed by atoms with Crippen molar-refractivity contribution in [2.24, 2.45) is 11.8 Å². The number of carbonyl (C=O) groups excluding carboxylic acids is 1. The molecule has 3 saturated heterocycles. The first-order valence-corrected chi connectivity index (χ1v) is 9.83. The molecule has 1 amide bonds. The topological polar surface area (TPSA) is 42.0 Å². The van der Waals surface area contributed by atoms with Gasteiger partial charge in [-0.25, -0.2) is 5.06 Å². The van der Waals surface area contributed by atoms with Gasteiger partial charge in [0.1, 0.15) is 0 Å². The number of ether oxygens (including phenoxy) is 1. The molecule has 0 aromatic carbocycles. The predicted octanol–water partition coefficient (Wildman–Crippen LogP) is 2.45. The molecule has 0 unspecified atom stereocenters. The standard InChI is InChI=1S/C18H26N2O3S/c1-13-3-4-15(24-13)11-19-7-5-16-14(10-19)12-22-17(16)9-18(21)20-6-2-8-23-20/h3-4,14,16-17H,2,5-12H2,1H3/t14-,16-,17+/m1/s1. The maximum atomic E-state index is 12.3. The fraction of sp³-hybridized carbons (Fsp3) is 0.722. The lowest BCUT2D eigenvalue weighted by Crippen LogP contribution is -2.41. The van der Waals surface area contributed by atoms with Crippen LogP contribution in [0.15, 0.2) is 12.1 Å². The SMILES string of the molecule is Cc1ccc(CN2CC[C@@H]3[C@@H](CO[C@H]3CC(=O)N3CCCO3)C2)s1. The Hall–Kier alpha value is -0.950. The van der Waals surface area contributed by atoms with Gasteiger partial charge in [-0.2, -0.15) is 0 Å². The molecule has 0 bridgehead atoms. The zero-order valence-corrected chi connectivity index (χ0v) is 15.1. The van der Waals surface area contributed by atoms with Crippen LogP contribution in [0.1, 0.15) is 29.0 Å². The average molecular weight is 350 g/mol. The highest BCUT2D eigenvalue weighted by molar-refractivity contribution is 7.11. The molecule has 3 fully saturated rings. The number of likely N-dealkylation sites (tertiary alicyclic amines) is 1.